The molecule has 1 aliphatic heterocycles. The summed E-state index contributed by atoms with van der Waals surface area (Å²) in [5.74, 6) is 0.658. The van der Waals surface area contributed by atoms with E-state index in [9.17, 15) is 4.79 Å². The highest BCUT2D eigenvalue weighted by Gasteiger charge is 2.29. The highest BCUT2D eigenvalue weighted by Crippen LogP contribution is 2.23. The summed E-state index contributed by atoms with van der Waals surface area (Å²) in [5.41, 5.74) is -0.406. The fraction of sp³-hybridized carbons (Fsp3) is 0.643. The third-order valence-corrected chi connectivity index (χ3v) is 3.07. The fourth-order valence-electron chi connectivity index (χ4n) is 2.15. The van der Waals surface area contributed by atoms with Gasteiger partial charge in [0.2, 0.25) is 5.95 Å². The molecule has 1 aromatic rings. The monoisotopic (exact) mass is 263 g/mol. The number of hydrogen-bond acceptors (Lipinski definition) is 5. The summed E-state index contributed by atoms with van der Waals surface area (Å²) in [4.78, 5) is 22.6. The van der Waals surface area contributed by atoms with Gasteiger partial charge in [0.25, 0.3) is 0 Å². The minimum Gasteiger partial charge on any atom is -0.460 e. The van der Waals surface area contributed by atoms with Crippen LogP contribution in [-0.2, 0) is 9.53 Å². The van der Waals surface area contributed by atoms with Gasteiger partial charge < -0.3 is 9.64 Å². The number of anilines is 1. The van der Waals surface area contributed by atoms with Crippen LogP contribution < -0.4 is 4.90 Å². The Bertz CT molecular complexity index is 420. The number of aromatic nitrogens is 2. The van der Waals surface area contributed by atoms with Crippen LogP contribution in [0.15, 0.2) is 18.5 Å². The molecule has 2 heterocycles. The highest BCUT2D eigenvalue weighted by molar-refractivity contribution is 5.73. The first-order valence-electron chi connectivity index (χ1n) is 6.70. The molecule has 0 spiro atoms. The van der Waals surface area contributed by atoms with Crippen molar-refractivity contribution in [3.63, 3.8) is 0 Å². The van der Waals surface area contributed by atoms with Gasteiger partial charge in [-0.2, -0.15) is 0 Å². The maximum absolute atomic E-state index is 12.0. The standard InChI is InChI=1S/C14H21N3O2/c1-14(2,3)19-12(18)11-5-9-17(10-6-11)13-15-7-4-8-16-13/h4,7-8,11H,5-6,9-10H2,1-3H3. The van der Waals surface area contributed by atoms with E-state index in [0.29, 0.717) is 0 Å². The van der Waals surface area contributed by atoms with Crippen LogP contribution in [0.1, 0.15) is 33.6 Å². The molecule has 1 fully saturated rings. The predicted molar refractivity (Wildman–Crippen MR) is 72.8 cm³/mol. The molecule has 0 atom stereocenters. The van der Waals surface area contributed by atoms with Gasteiger partial charge >= 0.3 is 5.97 Å². The largest absolute Gasteiger partial charge is 0.460 e. The Morgan fingerprint density at radius 1 is 1.26 bits per heavy atom. The number of rotatable bonds is 2. The highest BCUT2D eigenvalue weighted by atomic mass is 16.6. The van der Waals surface area contributed by atoms with Crippen molar-refractivity contribution in [2.24, 2.45) is 5.92 Å². The number of nitrogens with zero attached hydrogens (tertiary/aromatic N) is 3. The number of carbonyl (C=O) groups is 1. The maximum atomic E-state index is 12.0. The SMILES string of the molecule is CC(C)(C)OC(=O)C1CCN(c2ncccn2)CC1. The smallest absolute Gasteiger partial charge is 0.309 e. The fourth-order valence-corrected chi connectivity index (χ4v) is 2.15. The average Bonchev–Trinajstić information content (AvgIpc) is 2.38. The van der Waals surface area contributed by atoms with Crippen molar-refractivity contribution >= 4 is 11.9 Å². The van der Waals surface area contributed by atoms with Crippen molar-refractivity contribution in [3.8, 4) is 0 Å². The molecule has 1 aromatic heterocycles. The van der Waals surface area contributed by atoms with Gasteiger partial charge in [0.1, 0.15) is 5.60 Å². The van der Waals surface area contributed by atoms with Crippen molar-refractivity contribution < 1.29 is 9.53 Å². The maximum Gasteiger partial charge on any atom is 0.309 e. The minimum absolute atomic E-state index is 0.000753. The summed E-state index contributed by atoms with van der Waals surface area (Å²) in [6.45, 7) is 7.30. The van der Waals surface area contributed by atoms with Crippen LogP contribution in [0.4, 0.5) is 5.95 Å². The Balaban J connectivity index is 1.88. The van der Waals surface area contributed by atoms with Gasteiger partial charge in [-0.1, -0.05) is 0 Å². The summed E-state index contributed by atoms with van der Waals surface area (Å²) < 4.78 is 5.43. The van der Waals surface area contributed by atoms with Crippen molar-refractivity contribution in [1.29, 1.82) is 0 Å². The Morgan fingerprint density at radius 2 is 1.84 bits per heavy atom. The summed E-state index contributed by atoms with van der Waals surface area (Å²) in [5, 5.41) is 0. The van der Waals surface area contributed by atoms with E-state index in [-0.39, 0.29) is 11.9 Å². The van der Waals surface area contributed by atoms with Gasteiger partial charge in [-0.05, 0) is 39.7 Å². The van der Waals surface area contributed by atoms with Crippen molar-refractivity contribution in [2.75, 3.05) is 18.0 Å². The molecule has 0 N–H and O–H groups in total. The number of piperidine rings is 1. The molecule has 0 bridgehead atoms. The first kappa shape index (κ1) is 13.8. The number of ether oxygens (including phenoxy) is 1. The lowest BCUT2D eigenvalue weighted by atomic mass is 9.97. The summed E-state index contributed by atoms with van der Waals surface area (Å²) in [7, 11) is 0. The molecule has 0 aromatic carbocycles. The first-order valence-corrected chi connectivity index (χ1v) is 6.70. The zero-order valence-electron chi connectivity index (χ0n) is 11.8. The molecule has 5 nitrogen and oxygen atoms in total. The third kappa shape index (κ3) is 3.91. The van der Waals surface area contributed by atoms with Crippen LogP contribution in [-0.4, -0.2) is 34.6 Å². The van der Waals surface area contributed by atoms with E-state index < -0.39 is 5.60 Å². The van der Waals surface area contributed by atoms with Crippen LogP contribution in [0.25, 0.3) is 0 Å². The second kappa shape index (κ2) is 5.55. The molecule has 1 aliphatic rings. The van der Waals surface area contributed by atoms with Crippen LogP contribution in [0, 0.1) is 5.92 Å². The van der Waals surface area contributed by atoms with E-state index in [0.717, 1.165) is 31.9 Å². The second-order valence-corrected chi connectivity index (χ2v) is 5.84. The van der Waals surface area contributed by atoms with Crippen molar-refractivity contribution in [3.05, 3.63) is 18.5 Å². The molecule has 0 aliphatic carbocycles. The van der Waals surface area contributed by atoms with Gasteiger partial charge in [-0.25, -0.2) is 9.97 Å². The average molecular weight is 263 g/mol. The molecule has 104 valence electrons. The lowest BCUT2D eigenvalue weighted by Gasteiger charge is -2.32. The molecule has 0 saturated carbocycles. The van der Waals surface area contributed by atoms with Gasteiger partial charge in [0.05, 0.1) is 5.92 Å². The van der Waals surface area contributed by atoms with Crippen molar-refractivity contribution in [2.45, 2.75) is 39.2 Å². The zero-order chi connectivity index (χ0) is 13.9. The molecular formula is C14H21N3O2. The Morgan fingerprint density at radius 3 is 2.37 bits per heavy atom. The molecular weight excluding hydrogens is 242 g/mol. The van der Waals surface area contributed by atoms with Gasteiger partial charge in [0.15, 0.2) is 0 Å². The molecule has 0 unspecified atom stereocenters. The molecule has 2 rings (SSSR count). The lowest BCUT2D eigenvalue weighted by Crippen LogP contribution is -2.39. The van der Waals surface area contributed by atoms with Crippen LogP contribution in [0.5, 0.6) is 0 Å². The summed E-state index contributed by atoms with van der Waals surface area (Å²) >= 11 is 0. The Labute approximate surface area is 114 Å². The Kier molecular flexibility index (Phi) is 4.02. The minimum atomic E-state index is -0.406. The number of hydrogen-bond donors (Lipinski definition) is 0. The number of carbonyl (C=O) groups excluding carboxylic acids is 1. The lowest BCUT2D eigenvalue weighted by molar-refractivity contribution is -0.160. The van der Waals surface area contributed by atoms with Crippen LogP contribution >= 0.6 is 0 Å². The molecule has 0 amide bonds. The second-order valence-electron chi connectivity index (χ2n) is 5.84. The molecule has 19 heavy (non-hydrogen) atoms. The van der Waals surface area contributed by atoms with E-state index in [1.54, 1.807) is 18.5 Å². The predicted octanol–water partition coefficient (Wildman–Crippen LogP) is 2.03. The van der Waals surface area contributed by atoms with Gasteiger partial charge in [-0.3, -0.25) is 4.79 Å². The van der Waals surface area contributed by atoms with Crippen molar-refractivity contribution in [1.82, 2.24) is 9.97 Å². The van der Waals surface area contributed by atoms with E-state index >= 15 is 0 Å². The number of esters is 1. The molecule has 0 radical (unpaired) electrons. The molecule has 5 heteroatoms. The van der Waals surface area contributed by atoms with Crippen LogP contribution in [0.2, 0.25) is 0 Å². The molecule has 1 saturated heterocycles. The normalized spacial score (nSPS) is 17.3. The van der Waals surface area contributed by atoms with E-state index in [1.165, 1.54) is 0 Å². The Hall–Kier alpha value is -1.65. The van der Waals surface area contributed by atoms with Gasteiger partial charge in [0, 0.05) is 25.5 Å². The topological polar surface area (TPSA) is 55.3 Å². The quantitative estimate of drug-likeness (QED) is 0.764. The van der Waals surface area contributed by atoms with Crippen LogP contribution in [0.3, 0.4) is 0 Å². The van der Waals surface area contributed by atoms with E-state index in [4.69, 9.17) is 4.74 Å². The zero-order valence-corrected chi connectivity index (χ0v) is 11.8. The third-order valence-electron chi connectivity index (χ3n) is 3.07. The van der Waals surface area contributed by atoms with E-state index in [2.05, 4.69) is 14.9 Å². The summed E-state index contributed by atoms with van der Waals surface area (Å²) in [6, 6.07) is 1.80. The first-order chi connectivity index (χ1) is 8.96. The summed E-state index contributed by atoms with van der Waals surface area (Å²) in [6.07, 6.45) is 5.07. The van der Waals surface area contributed by atoms with Gasteiger partial charge in [-0.15, -0.1) is 0 Å². The van der Waals surface area contributed by atoms with E-state index in [1.807, 2.05) is 20.8 Å².